The van der Waals surface area contributed by atoms with Gasteiger partial charge in [0.15, 0.2) is 0 Å². The molecule has 0 atom stereocenters. The zero-order chi connectivity index (χ0) is 39.9. The Bertz CT molecular complexity index is 3380. The first-order chi connectivity index (χ1) is 29.6. The van der Waals surface area contributed by atoms with E-state index in [2.05, 4.69) is 217 Å². The molecule has 0 fully saturated rings. The average Bonchev–Trinajstić information content (AvgIpc) is 3.91. The second-order valence-corrected chi connectivity index (χ2v) is 15.9. The summed E-state index contributed by atoms with van der Waals surface area (Å²) in [5.74, 6) is 1.85. The van der Waals surface area contributed by atoms with Gasteiger partial charge >= 0.3 is 0 Å². The van der Waals surface area contributed by atoms with Crippen molar-refractivity contribution in [1.29, 1.82) is 0 Å². The van der Waals surface area contributed by atoms with Crippen LogP contribution >= 0.6 is 0 Å². The number of hydrogen-bond donors (Lipinski definition) is 0. The number of rotatable bonds is 5. The first kappa shape index (κ1) is 34.2. The van der Waals surface area contributed by atoms with Crippen LogP contribution in [0.1, 0.15) is 11.1 Å². The van der Waals surface area contributed by atoms with Crippen molar-refractivity contribution in [2.45, 2.75) is 13.8 Å². The van der Waals surface area contributed by atoms with E-state index in [0.717, 1.165) is 78.1 Å². The molecule has 282 valence electrons. The van der Waals surface area contributed by atoms with Crippen LogP contribution in [0.2, 0.25) is 0 Å². The van der Waals surface area contributed by atoms with Crippen molar-refractivity contribution in [3.8, 4) is 45.3 Å². The molecular formula is C56H38N4. The highest BCUT2D eigenvalue weighted by Gasteiger charge is 2.22. The molecule has 10 aromatic carbocycles. The maximum Gasteiger partial charge on any atom is 0.145 e. The summed E-state index contributed by atoms with van der Waals surface area (Å²) >= 11 is 0. The van der Waals surface area contributed by atoms with E-state index >= 15 is 0 Å². The topological polar surface area (TPSA) is 35.6 Å². The van der Waals surface area contributed by atoms with Gasteiger partial charge in [0.05, 0.1) is 22.1 Å². The van der Waals surface area contributed by atoms with Crippen LogP contribution in [0.4, 0.5) is 0 Å². The molecule has 0 N–H and O–H groups in total. The Kier molecular flexibility index (Phi) is 7.63. The minimum Gasteiger partial charge on any atom is -0.292 e. The summed E-state index contributed by atoms with van der Waals surface area (Å²) in [7, 11) is 0. The van der Waals surface area contributed by atoms with Crippen LogP contribution in [0.5, 0.6) is 0 Å². The molecule has 60 heavy (non-hydrogen) atoms. The smallest absolute Gasteiger partial charge is 0.145 e. The van der Waals surface area contributed by atoms with E-state index in [0.29, 0.717) is 0 Å². The van der Waals surface area contributed by atoms with Gasteiger partial charge < -0.3 is 0 Å². The third kappa shape index (κ3) is 5.24. The van der Waals surface area contributed by atoms with Crippen molar-refractivity contribution in [1.82, 2.24) is 19.1 Å². The lowest BCUT2D eigenvalue weighted by Crippen LogP contribution is -1.98. The quantitative estimate of drug-likeness (QED) is 0.164. The molecular weight excluding hydrogens is 729 g/mol. The molecule has 4 nitrogen and oxygen atoms in total. The number of nitrogens with zero attached hydrogens (tertiary/aromatic N) is 4. The lowest BCUT2D eigenvalue weighted by atomic mass is 10.00. The van der Waals surface area contributed by atoms with E-state index in [1.54, 1.807) is 0 Å². The Labute approximate surface area is 347 Å². The zero-order valence-electron chi connectivity index (χ0n) is 33.3. The Morgan fingerprint density at radius 3 is 0.917 bits per heavy atom. The molecule has 12 rings (SSSR count). The zero-order valence-corrected chi connectivity index (χ0v) is 33.3. The number of fused-ring (bicyclic) bond motifs is 12. The number of hydrogen-bond acceptors (Lipinski definition) is 2. The van der Waals surface area contributed by atoms with E-state index < -0.39 is 0 Å². The summed E-state index contributed by atoms with van der Waals surface area (Å²) in [5, 5.41) is 9.61. The molecule has 2 heterocycles. The maximum atomic E-state index is 5.45. The van der Waals surface area contributed by atoms with Gasteiger partial charge in [0.1, 0.15) is 11.6 Å². The average molecular weight is 767 g/mol. The fourth-order valence-corrected chi connectivity index (χ4v) is 9.31. The van der Waals surface area contributed by atoms with Gasteiger partial charge in [0.2, 0.25) is 0 Å². The van der Waals surface area contributed by atoms with Crippen molar-refractivity contribution in [3.63, 3.8) is 0 Å². The highest BCUT2D eigenvalue weighted by molar-refractivity contribution is 6.25. The first-order valence-corrected chi connectivity index (χ1v) is 20.6. The van der Waals surface area contributed by atoms with Crippen LogP contribution in [0.25, 0.3) is 110 Å². The van der Waals surface area contributed by atoms with Gasteiger partial charge in [-0.25, -0.2) is 9.97 Å². The van der Waals surface area contributed by atoms with E-state index in [4.69, 9.17) is 9.97 Å². The summed E-state index contributed by atoms with van der Waals surface area (Å²) in [6.45, 7) is 4.27. The maximum absolute atomic E-state index is 5.45. The van der Waals surface area contributed by atoms with E-state index in [1.807, 2.05) is 0 Å². The fourth-order valence-electron chi connectivity index (χ4n) is 9.31. The number of benzene rings is 10. The van der Waals surface area contributed by atoms with E-state index in [-0.39, 0.29) is 0 Å². The second kappa shape index (κ2) is 13.4. The van der Waals surface area contributed by atoms with Crippen LogP contribution in [0.3, 0.4) is 0 Å². The molecule has 2 aromatic heterocycles. The molecule has 4 heteroatoms. The Morgan fingerprint density at radius 1 is 0.283 bits per heavy atom. The molecule has 0 aliphatic heterocycles. The molecule has 0 radical (unpaired) electrons. The minimum atomic E-state index is 0.923. The van der Waals surface area contributed by atoms with Gasteiger partial charge in [0.25, 0.3) is 0 Å². The Morgan fingerprint density at radius 2 is 0.567 bits per heavy atom. The minimum absolute atomic E-state index is 0.923. The van der Waals surface area contributed by atoms with Gasteiger partial charge in [-0.3, -0.25) is 9.13 Å². The molecule has 0 amide bonds. The van der Waals surface area contributed by atoms with Crippen molar-refractivity contribution in [2.75, 3.05) is 0 Å². The molecule has 0 unspecified atom stereocenters. The Balaban J connectivity index is 0.990. The largest absolute Gasteiger partial charge is 0.292 e. The van der Waals surface area contributed by atoms with Crippen LogP contribution < -0.4 is 0 Å². The summed E-state index contributed by atoms with van der Waals surface area (Å²) < 4.78 is 4.69. The molecule has 0 bridgehead atoms. The van der Waals surface area contributed by atoms with Gasteiger partial charge in [-0.05, 0) is 70.8 Å². The molecule has 0 aliphatic carbocycles. The highest BCUT2D eigenvalue weighted by atomic mass is 15.1. The lowest BCUT2D eigenvalue weighted by molar-refractivity contribution is 1.10. The predicted octanol–water partition coefficient (Wildman–Crippen LogP) is 14.6. The summed E-state index contributed by atoms with van der Waals surface area (Å²) in [5.41, 5.74) is 13.3. The molecule has 0 saturated carbocycles. The van der Waals surface area contributed by atoms with E-state index in [1.165, 1.54) is 43.4 Å². The third-order valence-corrected chi connectivity index (χ3v) is 12.3. The molecule has 0 saturated heterocycles. The first-order valence-electron chi connectivity index (χ1n) is 20.6. The van der Waals surface area contributed by atoms with Crippen LogP contribution in [0, 0.1) is 13.8 Å². The summed E-state index contributed by atoms with van der Waals surface area (Å²) in [6, 6.07) is 70.0. The number of imidazole rings is 2. The van der Waals surface area contributed by atoms with Gasteiger partial charge in [-0.15, -0.1) is 0 Å². The van der Waals surface area contributed by atoms with E-state index in [9.17, 15) is 0 Å². The molecule has 0 aliphatic rings. The number of aromatic nitrogens is 4. The second-order valence-electron chi connectivity index (χ2n) is 15.9. The normalized spacial score (nSPS) is 11.8. The monoisotopic (exact) mass is 766 g/mol. The van der Waals surface area contributed by atoms with Crippen LogP contribution in [-0.4, -0.2) is 19.1 Å². The van der Waals surface area contributed by atoms with Crippen molar-refractivity contribution in [3.05, 3.63) is 205 Å². The SMILES string of the molecule is Cc1ccc(-n2c(-c3ccc(-c4ccc(-c5nc6c7ccccc7c7ccccc7c6n5-c5ccc(C)cc5)cc4)cc3)nc3c4ccccc4c4ccccc4c32)cc1. The van der Waals surface area contributed by atoms with Gasteiger partial charge in [0, 0.05) is 44.0 Å². The molecule has 12 aromatic rings. The highest BCUT2D eigenvalue weighted by Crippen LogP contribution is 2.41. The summed E-state index contributed by atoms with van der Waals surface area (Å²) in [4.78, 5) is 10.9. The van der Waals surface area contributed by atoms with Crippen LogP contribution in [0.15, 0.2) is 194 Å². The third-order valence-electron chi connectivity index (χ3n) is 12.3. The van der Waals surface area contributed by atoms with Crippen molar-refractivity contribution < 1.29 is 0 Å². The lowest BCUT2D eigenvalue weighted by Gasteiger charge is -2.13. The van der Waals surface area contributed by atoms with Crippen LogP contribution in [-0.2, 0) is 0 Å². The van der Waals surface area contributed by atoms with Crippen molar-refractivity contribution in [2.24, 2.45) is 0 Å². The molecule has 0 spiro atoms. The van der Waals surface area contributed by atoms with Gasteiger partial charge in [-0.1, -0.05) is 181 Å². The van der Waals surface area contributed by atoms with Crippen molar-refractivity contribution >= 4 is 65.2 Å². The number of aryl methyl sites for hydroxylation is 2. The Hall–Kier alpha value is -7.82. The fraction of sp³-hybridized carbons (Fsp3) is 0.0357. The van der Waals surface area contributed by atoms with Gasteiger partial charge in [-0.2, -0.15) is 0 Å². The predicted molar refractivity (Wildman–Crippen MR) is 252 cm³/mol. The summed E-state index contributed by atoms with van der Waals surface area (Å²) in [6.07, 6.45) is 0. The standard InChI is InChI=1S/C56H38N4/c1-35-19-31-41(32-20-35)59-53-49-17-9-5-13-45(49)43-11-3-7-15-47(43)51(53)57-55(59)39-27-23-37(24-28-39)38-25-29-40(30-26-38)56-58-52-48-16-8-4-12-44(48)46-14-6-10-18-50(46)54(52)60(56)42-33-21-36(2)22-34-42/h3-34H,1-2H3.